The number of halogens is 1. The van der Waals surface area contributed by atoms with E-state index in [-0.39, 0.29) is 5.91 Å². The van der Waals surface area contributed by atoms with Crippen LogP contribution in [0.4, 0.5) is 16.5 Å². The lowest BCUT2D eigenvalue weighted by atomic mass is 10.1. The lowest BCUT2D eigenvalue weighted by Gasteiger charge is -2.07. The monoisotopic (exact) mass is 444 g/mol. The van der Waals surface area contributed by atoms with Crippen LogP contribution in [0.15, 0.2) is 53.0 Å². The van der Waals surface area contributed by atoms with Gasteiger partial charge in [0, 0.05) is 27.8 Å². The maximum absolute atomic E-state index is 12.0. The molecular formula is C20H21BrN4OS. The quantitative estimate of drug-likeness (QED) is 0.462. The minimum absolute atomic E-state index is 0.0372. The normalized spacial score (nSPS) is 10.8. The number of nitrogens with zero attached hydrogens (tertiary/aromatic N) is 2. The van der Waals surface area contributed by atoms with Crippen molar-refractivity contribution in [3.63, 3.8) is 0 Å². The van der Waals surface area contributed by atoms with Crippen LogP contribution in [0.2, 0.25) is 0 Å². The summed E-state index contributed by atoms with van der Waals surface area (Å²) in [6.07, 6.45) is 1.41. The Bertz CT molecular complexity index is 926. The molecule has 1 aromatic heterocycles. The van der Waals surface area contributed by atoms with Gasteiger partial charge in [-0.15, -0.1) is 10.2 Å². The molecule has 0 fully saturated rings. The summed E-state index contributed by atoms with van der Waals surface area (Å²) < 4.78 is 0.998. The van der Waals surface area contributed by atoms with Crippen LogP contribution < -0.4 is 10.6 Å². The van der Waals surface area contributed by atoms with Crippen LogP contribution in [-0.4, -0.2) is 16.1 Å². The van der Waals surface area contributed by atoms with Gasteiger partial charge in [0.2, 0.25) is 11.0 Å². The fourth-order valence-electron chi connectivity index (χ4n) is 2.45. The highest BCUT2D eigenvalue weighted by Gasteiger charge is 2.09. The maximum atomic E-state index is 12.0. The van der Waals surface area contributed by atoms with Gasteiger partial charge >= 0.3 is 0 Å². The number of anilines is 3. The first-order valence-electron chi connectivity index (χ1n) is 8.76. The van der Waals surface area contributed by atoms with Gasteiger partial charge in [-0.1, -0.05) is 59.3 Å². The molecule has 0 bridgehead atoms. The Balaban J connectivity index is 1.68. The summed E-state index contributed by atoms with van der Waals surface area (Å²) in [4.78, 5) is 12.0. The van der Waals surface area contributed by atoms with Crippen LogP contribution in [0, 0.1) is 5.92 Å². The van der Waals surface area contributed by atoms with Gasteiger partial charge in [-0.25, -0.2) is 0 Å². The number of benzene rings is 2. The summed E-state index contributed by atoms with van der Waals surface area (Å²) in [5.41, 5.74) is 2.65. The van der Waals surface area contributed by atoms with E-state index in [2.05, 4.69) is 50.6 Å². The highest BCUT2D eigenvalue weighted by atomic mass is 79.9. The van der Waals surface area contributed by atoms with Crippen molar-refractivity contribution < 1.29 is 4.79 Å². The molecule has 3 aromatic rings. The van der Waals surface area contributed by atoms with Crippen molar-refractivity contribution in [2.75, 3.05) is 10.6 Å². The van der Waals surface area contributed by atoms with Crippen LogP contribution in [0.5, 0.6) is 0 Å². The number of hydrogen-bond acceptors (Lipinski definition) is 5. The Labute approximate surface area is 171 Å². The highest BCUT2D eigenvalue weighted by Crippen LogP contribution is 2.30. The molecule has 7 heteroatoms. The van der Waals surface area contributed by atoms with E-state index in [1.54, 1.807) is 0 Å². The smallest absolute Gasteiger partial charge is 0.224 e. The van der Waals surface area contributed by atoms with Crippen molar-refractivity contribution in [2.24, 2.45) is 5.92 Å². The number of carbonyl (C=O) groups excluding carboxylic acids is 1. The van der Waals surface area contributed by atoms with E-state index >= 15 is 0 Å². The first kappa shape index (κ1) is 19.5. The minimum Gasteiger partial charge on any atom is -0.330 e. The van der Waals surface area contributed by atoms with Crippen molar-refractivity contribution in [3.8, 4) is 10.6 Å². The molecule has 0 saturated heterocycles. The molecule has 0 aliphatic carbocycles. The summed E-state index contributed by atoms with van der Waals surface area (Å²) in [7, 11) is 0. The Hall–Kier alpha value is -2.25. The second-order valence-electron chi connectivity index (χ2n) is 6.61. The number of rotatable bonds is 7. The molecule has 0 aliphatic heterocycles. The molecule has 1 amide bonds. The lowest BCUT2D eigenvalue weighted by Crippen LogP contribution is -2.12. The Morgan fingerprint density at radius 3 is 2.67 bits per heavy atom. The maximum Gasteiger partial charge on any atom is 0.224 e. The predicted molar refractivity (Wildman–Crippen MR) is 115 cm³/mol. The highest BCUT2D eigenvalue weighted by molar-refractivity contribution is 9.10. The van der Waals surface area contributed by atoms with Gasteiger partial charge < -0.3 is 10.6 Å². The number of amides is 1. The van der Waals surface area contributed by atoms with Gasteiger partial charge in [0.15, 0.2) is 0 Å². The molecule has 140 valence electrons. The largest absolute Gasteiger partial charge is 0.330 e. The fraction of sp³-hybridized carbons (Fsp3) is 0.250. The predicted octanol–water partition coefficient (Wildman–Crippen LogP) is 6.09. The number of aromatic nitrogens is 2. The molecule has 0 radical (unpaired) electrons. The van der Waals surface area contributed by atoms with Crippen LogP contribution in [0.1, 0.15) is 26.7 Å². The Morgan fingerprint density at radius 1 is 1.11 bits per heavy atom. The summed E-state index contributed by atoms with van der Waals surface area (Å²) in [5, 5.41) is 16.2. The zero-order chi connectivity index (χ0) is 19.2. The van der Waals surface area contributed by atoms with Gasteiger partial charge in [0.1, 0.15) is 5.01 Å². The van der Waals surface area contributed by atoms with Crippen molar-refractivity contribution >= 4 is 49.7 Å². The van der Waals surface area contributed by atoms with Crippen molar-refractivity contribution in [1.29, 1.82) is 0 Å². The van der Waals surface area contributed by atoms with Crippen molar-refractivity contribution in [2.45, 2.75) is 26.7 Å². The fourth-order valence-corrected chi connectivity index (χ4v) is 3.61. The summed E-state index contributed by atoms with van der Waals surface area (Å²) in [6, 6.07) is 15.6. The average Bonchev–Trinajstić information content (AvgIpc) is 3.09. The molecular weight excluding hydrogens is 424 g/mol. The summed E-state index contributed by atoms with van der Waals surface area (Å²) in [5.74, 6) is 0.551. The third-order valence-electron chi connectivity index (χ3n) is 3.84. The second kappa shape index (κ2) is 9.10. The first-order valence-corrected chi connectivity index (χ1v) is 10.4. The minimum atomic E-state index is 0.0372. The number of nitrogens with one attached hydrogen (secondary N) is 2. The molecule has 0 aliphatic rings. The van der Waals surface area contributed by atoms with Crippen LogP contribution >= 0.6 is 27.3 Å². The van der Waals surface area contributed by atoms with E-state index in [4.69, 9.17) is 0 Å². The molecule has 1 heterocycles. The SMILES string of the molecule is CC(C)CCC(=O)Nc1cccc(-c2nnc(Nc3cccc(Br)c3)s2)c1. The third-order valence-corrected chi connectivity index (χ3v) is 5.22. The summed E-state index contributed by atoms with van der Waals surface area (Å²) in [6.45, 7) is 4.23. The van der Waals surface area contributed by atoms with Gasteiger partial charge in [-0.05, 0) is 42.7 Å². The topological polar surface area (TPSA) is 66.9 Å². The number of carbonyl (C=O) groups is 1. The summed E-state index contributed by atoms with van der Waals surface area (Å²) >= 11 is 4.92. The molecule has 5 nitrogen and oxygen atoms in total. The van der Waals surface area contributed by atoms with Gasteiger partial charge in [-0.3, -0.25) is 4.79 Å². The van der Waals surface area contributed by atoms with E-state index in [9.17, 15) is 4.79 Å². The molecule has 0 spiro atoms. The van der Waals surface area contributed by atoms with Crippen molar-refractivity contribution in [3.05, 3.63) is 53.0 Å². The van der Waals surface area contributed by atoms with Gasteiger partial charge in [0.25, 0.3) is 0 Å². The molecule has 2 aromatic carbocycles. The first-order chi connectivity index (χ1) is 13.0. The molecule has 0 unspecified atom stereocenters. The van der Waals surface area contributed by atoms with Crippen LogP contribution in [0.3, 0.4) is 0 Å². The van der Waals surface area contributed by atoms with E-state index in [0.717, 1.165) is 38.0 Å². The zero-order valence-electron chi connectivity index (χ0n) is 15.2. The lowest BCUT2D eigenvalue weighted by molar-refractivity contribution is -0.116. The van der Waals surface area contributed by atoms with Crippen LogP contribution in [0.25, 0.3) is 10.6 Å². The van der Waals surface area contributed by atoms with Gasteiger partial charge in [0.05, 0.1) is 0 Å². The Morgan fingerprint density at radius 2 is 1.89 bits per heavy atom. The number of hydrogen-bond donors (Lipinski definition) is 2. The third kappa shape index (κ3) is 5.87. The van der Waals surface area contributed by atoms with E-state index < -0.39 is 0 Å². The molecule has 27 heavy (non-hydrogen) atoms. The second-order valence-corrected chi connectivity index (χ2v) is 8.50. The van der Waals surface area contributed by atoms with E-state index in [0.29, 0.717) is 12.3 Å². The van der Waals surface area contributed by atoms with E-state index in [1.807, 2.05) is 48.5 Å². The average molecular weight is 445 g/mol. The molecule has 0 atom stereocenters. The zero-order valence-corrected chi connectivity index (χ0v) is 17.6. The van der Waals surface area contributed by atoms with Crippen molar-refractivity contribution in [1.82, 2.24) is 10.2 Å². The van der Waals surface area contributed by atoms with Crippen LogP contribution in [-0.2, 0) is 4.79 Å². The molecule has 3 rings (SSSR count). The Kier molecular flexibility index (Phi) is 6.58. The van der Waals surface area contributed by atoms with Gasteiger partial charge in [-0.2, -0.15) is 0 Å². The molecule has 2 N–H and O–H groups in total. The standard InChI is InChI=1S/C20H21BrN4OS/c1-13(2)9-10-18(26)22-16-7-3-5-14(11-16)19-24-25-20(27-19)23-17-8-4-6-15(21)12-17/h3-8,11-13H,9-10H2,1-2H3,(H,22,26)(H,23,25). The molecule has 0 saturated carbocycles. The van der Waals surface area contributed by atoms with E-state index in [1.165, 1.54) is 11.3 Å².